The summed E-state index contributed by atoms with van der Waals surface area (Å²) in [4.78, 5) is 38.7. The van der Waals surface area contributed by atoms with Crippen molar-refractivity contribution in [3.8, 4) is 0 Å². The fraction of sp³-hybridized carbons (Fsp3) is 0.348. The molecule has 2 aromatic rings. The zero-order valence-electron chi connectivity index (χ0n) is 15.8. The molecule has 0 spiro atoms. The second-order valence-corrected chi connectivity index (χ2v) is 7.59. The molecule has 1 aliphatic carbocycles. The maximum atomic E-state index is 12.6. The van der Waals surface area contributed by atoms with Gasteiger partial charge in [0.15, 0.2) is 0 Å². The number of rotatable bonds is 4. The first-order chi connectivity index (χ1) is 13.6. The molecule has 0 radical (unpaired) electrons. The van der Waals surface area contributed by atoms with Gasteiger partial charge in [0.2, 0.25) is 5.91 Å². The van der Waals surface area contributed by atoms with Gasteiger partial charge in [-0.25, -0.2) is 4.90 Å². The number of fused-ring (bicyclic) bond motifs is 1. The third kappa shape index (κ3) is 3.70. The van der Waals surface area contributed by atoms with Gasteiger partial charge in [0.25, 0.3) is 11.8 Å². The van der Waals surface area contributed by atoms with Crippen LogP contribution in [0.1, 0.15) is 64.8 Å². The quantitative estimate of drug-likeness (QED) is 0.651. The molecule has 0 unspecified atom stereocenters. The van der Waals surface area contributed by atoms with E-state index in [1.807, 2.05) is 12.1 Å². The molecular weight excluding hydrogens is 352 g/mol. The molecule has 28 heavy (non-hydrogen) atoms. The highest BCUT2D eigenvalue weighted by Gasteiger charge is 2.36. The molecule has 5 heteroatoms. The van der Waals surface area contributed by atoms with Gasteiger partial charge in [-0.3, -0.25) is 14.4 Å². The number of amides is 3. The lowest BCUT2D eigenvalue weighted by atomic mass is 10.1. The first-order valence-corrected chi connectivity index (χ1v) is 9.99. The molecule has 144 valence electrons. The Morgan fingerprint density at radius 3 is 2.00 bits per heavy atom. The largest absolute Gasteiger partial charge is 0.353 e. The van der Waals surface area contributed by atoms with E-state index in [0.29, 0.717) is 23.2 Å². The molecule has 4 rings (SSSR count). The van der Waals surface area contributed by atoms with Crippen molar-refractivity contribution < 1.29 is 14.4 Å². The van der Waals surface area contributed by atoms with Crippen LogP contribution in [0.2, 0.25) is 0 Å². The van der Waals surface area contributed by atoms with Crippen molar-refractivity contribution >= 4 is 23.4 Å². The van der Waals surface area contributed by atoms with Crippen molar-refractivity contribution in [3.05, 3.63) is 65.2 Å². The molecule has 1 aliphatic heterocycles. The third-order valence-corrected chi connectivity index (χ3v) is 5.57. The molecule has 0 atom stereocenters. The molecule has 2 aliphatic rings. The lowest BCUT2D eigenvalue weighted by Crippen LogP contribution is -2.35. The van der Waals surface area contributed by atoms with E-state index in [2.05, 4.69) is 5.32 Å². The Bertz CT molecular complexity index is 861. The van der Waals surface area contributed by atoms with Crippen LogP contribution in [0.5, 0.6) is 0 Å². The summed E-state index contributed by atoms with van der Waals surface area (Å²) in [5, 5.41) is 3.15. The number of hydrogen-bond acceptors (Lipinski definition) is 3. The minimum absolute atomic E-state index is 0.0281. The molecule has 1 N–H and O–H groups in total. The lowest BCUT2D eigenvalue weighted by molar-refractivity contribution is -0.121. The Hall–Kier alpha value is -2.95. The van der Waals surface area contributed by atoms with E-state index in [4.69, 9.17) is 0 Å². The molecule has 5 nitrogen and oxygen atoms in total. The minimum atomic E-state index is -0.306. The van der Waals surface area contributed by atoms with Crippen molar-refractivity contribution in [3.63, 3.8) is 0 Å². The van der Waals surface area contributed by atoms with Gasteiger partial charge in [0.1, 0.15) is 0 Å². The maximum absolute atomic E-state index is 12.6. The predicted octanol–water partition coefficient (Wildman–Crippen LogP) is 3.87. The number of carbonyl (C=O) groups excluding carboxylic acids is 3. The van der Waals surface area contributed by atoms with Crippen molar-refractivity contribution in [2.45, 2.75) is 51.0 Å². The average Bonchev–Trinajstić information content (AvgIpc) is 2.85. The summed E-state index contributed by atoms with van der Waals surface area (Å²) in [6, 6.07) is 14.2. The second kappa shape index (κ2) is 7.97. The monoisotopic (exact) mass is 376 g/mol. The van der Waals surface area contributed by atoms with Crippen LogP contribution in [0.25, 0.3) is 0 Å². The Labute approximate surface area is 164 Å². The summed E-state index contributed by atoms with van der Waals surface area (Å²) in [5.41, 5.74) is 2.25. The van der Waals surface area contributed by atoms with Crippen molar-refractivity contribution in [1.29, 1.82) is 0 Å². The number of anilines is 1. The topological polar surface area (TPSA) is 66.5 Å². The second-order valence-electron chi connectivity index (χ2n) is 7.59. The number of carbonyl (C=O) groups is 3. The number of benzene rings is 2. The Kier molecular flexibility index (Phi) is 5.24. The van der Waals surface area contributed by atoms with Crippen LogP contribution in [0.4, 0.5) is 5.69 Å². The van der Waals surface area contributed by atoms with Gasteiger partial charge in [-0.2, -0.15) is 0 Å². The lowest BCUT2D eigenvalue weighted by Gasteiger charge is -2.17. The highest BCUT2D eigenvalue weighted by Crippen LogP contribution is 2.28. The van der Waals surface area contributed by atoms with Crippen LogP contribution < -0.4 is 10.2 Å². The van der Waals surface area contributed by atoms with Crippen LogP contribution in [0.3, 0.4) is 0 Å². The zero-order valence-corrected chi connectivity index (χ0v) is 15.8. The van der Waals surface area contributed by atoms with Crippen molar-refractivity contribution in [2.75, 3.05) is 4.90 Å². The standard InChI is InChI=1S/C23H24N2O3/c26-21(24-17-7-3-1-2-4-8-17)15-16-11-13-18(14-12-16)25-22(27)19-9-5-6-10-20(19)23(25)28/h5-6,9-14,17H,1-4,7-8,15H2,(H,24,26). The van der Waals surface area contributed by atoms with Gasteiger partial charge in [-0.15, -0.1) is 0 Å². The highest BCUT2D eigenvalue weighted by atomic mass is 16.2. The first-order valence-electron chi connectivity index (χ1n) is 9.99. The molecule has 1 saturated carbocycles. The highest BCUT2D eigenvalue weighted by molar-refractivity contribution is 6.34. The van der Waals surface area contributed by atoms with Crippen LogP contribution in [0.15, 0.2) is 48.5 Å². The average molecular weight is 376 g/mol. The molecule has 0 saturated heterocycles. The zero-order chi connectivity index (χ0) is 19.5. The van der Waals surface area contributed by atoms with Crippen LogP contribution in [0, 0.1) is 0 Å². The van der Waals surface area contributed by atoms with Crippen molar-refractivity contribution in [1.82, 2.24) is 5.32 Å². The van der Waals surface area contributed by atoms with E-state index < -0.39 is 0 Å². The van der Waals surface area contributed by atoms with E-state index in [0.717, 1.165) is 18.4 Å². The summed E-state index contributed by atoms with van der Waals surface area (Å²) in [6.07, 6.45) is 7.30. The van der Waals surface area contributed by atoms with Crippen molar-refractivity contribution in [2.24, 2.45) is 0 Å². The number of hydrogen-bond donors (Lipinski definition) is 1. The third-order valence-electron chi connectivity index (χ3n) is 5.57. The Morgan fingerprint density at radius 2 is 1.43 bits per heavy atom. The Balaban J connectivity index is 1.41. The summed E-state index contributed by atoms with van der Waals surface area (Å²) in [6.45, 7) is 0. The first kappa shape index (κ1) is 18.4. The molecule has 1 heterocycles. The number of imide groups is 1. The van der Waals surface area contributed by atoms with Gasteiger partial charge in [-0.05, 0) is 42.7 Å². The van der Waals surface area contributed by atoms with Crippen LogP contribution in [-0.4, -0.2) is 23.8 Å². The number of nitrogens with zero attached hydrogens (tertiary/aromatic N) is 1. The fourth-order valence-corrected chi connectivity index (χ4v) is 4.07. The van der Waals surface area contributed by atoms with Gasteiger partial charge < -0.3 is 5.32 Å². The molecule has 0 bridgehead atoms. The number of nitrogens with one attached hydrogen (secondary N) is 1. The SMILES string of the molecule is O=C(Cc1ccc(N2C(=O)c3ccccc3C2=O)cc1)NC1CCCCCC1. The summed E-state index contributed by atoms with van der Waals surface area (Å²) in [7, 11) is 0. The predicted molar refractivity (Wildman–Crippen MR) is 107 cm³/mol. The smallest absolute Gasteiger partial charge is 0.266 e. The summed E-state index contributed by atoms with van der Waals surface area (Å²) in [5.74, 6) is -0.584. The molecule has 0 aromatic heterocycles. The van der Waals surface area contributed by atoms with E-state index in [1.54, 1.807) is 36.4 Å². The van der Waals surface area contributed by atoms with Crippen LogP contribution >= 0.6 is 0 Å². The Morgan fingerprint density at radius 1 is 0.857 bits per heavy atom. The van der Waals surface area contributed by atoms with Gasteiger partial charge in [0, 0.05) is 6.04 Å². The summed E-state index contributed by atoms with van der Waals surface area (Å²) >= 11 is 0. The van der Waals surface area contributed by atoms with E-state index >= 15 is 0 Å². The normalized spacial score (nSPS) is 17.4. The molecule has 3 amide bonds. The molecule has 2 aromatic carbocycles. The van der Waals surface area contributed by atoms with Crippen LogP contribution in [-0.2, 0) is 11.2 Å². The van der Waals surface area contributed by atoms with E-state index in [1.165, 1.54) is 30.6 Å². The molecule has 1 fully saturated rings. The van der Waals surface area contributed by atoms with Gasteiger partial charge >= 0.3 is 0 Å². The van der Waals surface area contributed by atoms with Gasteiger partial charge in [-0.1, -0.05) is 49.9 Å². The summed E-state index contributed by atoms with van der Waals surface area (Å²) < 4.78 is 0. The van der Waals surface area contributed by atoms with Gasteiger partial charge in [0.05, 0.1) is 23.2 Å². The fourth-order valence-electron chi connectivity index (χ4n) is 4.07. The van der Waals surface area contributed by atoms with E-state index in [-0.39, 0.29) is 23.8 Å². The minimum Gasteiger partial charge on any atom is -0.353 e. The molecular formula is C23H24N2O3. The maximum Gasteiger partial charge on any atom is 0.266 e. The van der Waals surface area contributed by atoms with E-state index in [9.17, 15) is 14.4 Å².